The van der Waals surface area contributed by atoms with Crippen molar-refractivity contribution >= 4 is 54.2 Å². The van der Waals surface area contributed by atoms with Crippen LogP contribution in [-0.2, 0) is 10.0 Å². The van der Waals surface area contributed by atoms with Crippen LogP contribution in [0.2, 0.25) is 5.02 Å². The minimum absolute atomic E-state index is 0.0186. The summed E-state index contributed by atoms with van der Waals surface area (Å²) in [6.45, 7) is 3.80. The van der Waals surface area contributed by atoms with Crippen LogP contribution in [0.25, 0.3) is 10.2 Å². The number of methoxy groups -OCH3 is 1. The third-order valence-corrected chi connectivity index (χ3v) is 10.4. The summed E-state index contributed by atoms with van der Waals surface area (Å²) in [7, 11) is 1.92. The molecule has 1 atom stereocenters. The molecule has 0 spiro atoms. The van der Waals surface area contributed by atoms with Crippen molar-refractivity contribution in [3.8, 4) is 5.75 Å². The van der Waals surface area contributed by atoms with Gasteiger partial charge in [0.15, 0.2) is 5.13 Å². The number of ether oxygens (including phenoxy) is 1. The molecule has 1 unspecified atom stereocenters. The van der Waals surface area contributed by atoms with E-state index < -0.39 is 10.0 Å². The first-order chi connectivity index (χ1) is 18.2. The van der Waals surface area contributed by atoms with Crippen LogP contribution in [0.1, 0.15) is 49.4 Å². The molecule has 1 saturated heterocycles. The minimum atomic E-state index is -3.63. The van der Waals surface area contributed by atoms with E-state index in [2.05, 4.69) is 4.90 Å². The first kappa shape index (κ1) is 28.8. The van der Waals surface area contributed by atoms with Crippen molar-refractivity contribution in [1.82, 2.24) is 14.2 Å². The van der Waals surface area contributed by atoms with Gasteiger partial charge in [-0.2, -0.15) is 4.31 Å². The van der Waals surface area contributed by atoms with Crippen molar-refractivity contribution in [1.29, 1.82) is 0 Å². The van der Waals surface area contributed by atoms with Crippen molar-refractivity contribution in [2.24, 2.45) is 0 Å². The second-order valence-electron chi connectivity index (χ2n) is 9.74. The largest absolute Gasteiger partial charge is 0.494 e. The molecule has 38 heavy (non-hydrogen) atoms. The number of carbonyl (C=O) groups is 1. The predicted molar refractivity (Wildman–Crippen MR) is 154 cm³/mol. The second-order valence-corrected chi connectivity index (χ2v) is 13.0. The number of rotatable bonds is 10. The van der Waals surface area contributed by atoms with Gasteiger partial charge < -0.3 is 9.64 Å². The molecular weight excluding hydrogens is 544 g/mol. The van der Waals surface area contributed by atoms with Crippen LogP contribution >= 0.6 is 22.9 Å². The summed E-state index contributed by atoms with van der Waals surface area (Å²) in [4.78, 5) is 22.4. The normalized spacial score (nSPS) is 16.7. The molecule has 0 radical (unpaired) electrons. The molecule has 2 aromatic carbocycles. The van der Waals surface area contributed by atoms with Gasteiger partial charge >= 0.3 is 0 Å². The molecule has 3 aromatic rings. The van der Waals surface area contributed by atoms with Crippen LogP contribution in [0.4, 0.5) is 5.13 Å². The highest BCUT2D eigenvalue weighted by Crippen LogP contribution is 2.39. The number of fused-ring (bicyclic) bond motifs is 1. The first-order valence-electron chi connectivity index (χ1n) is 12.9. The molecule has 2 heterocycles. The van der Waals surface area contributed by atoms with E-state index in [1.165, 1.54) is 11.3 Å². The maximum atomic E-state index is 13.8. The molecule has 206 valence electrons. The number of nitrogens with zero attached hydrogens (tertiary/aromatic N) is 4. The first-order valence-corrected chi connectivity index (χ1v) is 15.5. The van der Waals surface area contributed by atoms with Crippen molar-refractivity contribution in [3.05, 3.63) is 47.0 Å². The van der Waals surface area contributed by atoms with Crippen molar-refractivity contribution in [3.63, 3.8) is 0 Å². The van der Waals surface area contributed by atoms with Crippen molar-refractivity contribution < 1.29 is 17.9 Å². The number of carbonyl (C=O) groups excluding carboxylic acids is 1. The Balaban J connectivity index is 1.65. The van der Waals surface area contributed by atoms with Gasteiger partial charge in [-0.3, -0.25) is 9.69 Å². The standard InChI is InChI=1S/C27H35ClN4O4S2/c1-5-20-9-6-7-18-32(20)38(34,35)21-12-10-19(11-13-21)26(33)31(17-8-16-30(2)3)27-29-24-23(36-4)15-14-22(28)25(24)37-27/h10-15,20H,5-9,16-18H2,1-4H3. The Bertz CT molecular complexity index is 1380. The maximum absolute atomic E-state index is 13.8. The van der Waals surface area contributed by atoms with Crippen molar-refractivity contribution in [2.75, 3.05) is 45.7 Å². The summed E-state index contributed by atoms with van der Waals surface area (Å²) >= 11 is 7.77. The highest BCUT2D eigenvalue weighted by Gasteiger charge is 2.32. The quantitative estimate of drug-likeness (QED) is 0.315. The summed E-state index contributed by atoms with van der Waals surface area (Å²) in [6.07, 6.45) is 4.31. The number of halogens is 1. The summed E-state index contributed by atoms with van der Waals surface area (Å²) in [5, 5.41) is 1.06. The topological polar surface area (TPSA) is 83.1 Å². The third kappa shape index (κ3) is 5.99. The molecule has 1 aliphatic rings. The molecule has 1 amide bonds. The van der Waals surface area contributed by atoms with E-state index in [0.29, 0.717) is 40.1 Å². The molecule has 0 N–H and O–H groups in total. The van der Waals surface area contributed by atoms with Gasteiger partial charge in [0, 0.05) is 24.7 Å². The number of hydrogen-bond donors (Lipinski definition) is 0. The fourth-order valence-corrected chi connectivity index (χ4v) is 7.86. The predicted octanol–water partition coefficient (Wildman–Crippen LogP) is 5.51. The minimum Gasteiger partial charge on any atom is -0.494 e. The van der Waals surface area contributed by atoms with Gasteiger partial charge in [0.1, 0.15) is 11.3 Å². The van der Waals surface area contributed by atoms with E-state index >= 15 is 0 Å². The van der Waals surface area contributed by atoms with E-state index in [1.54, 1.807) is 52.7 Å². The van der Waals surface area contributed by atoms with Crippen LogP contribution in [0, 0.1) is 0 Å². The molecule has 1 aliphatic heterocycles. The highest BCUT2D eigenvalue weighted by atomic mass is 35.5. The van der Waals surface area contributed by atoms with Crippen LogP contribution in [0.3, 0.4) is 0 Å². The number of benzene rings is 2. The lowest BCUT2D eigenvalue weighted by Crippen LogP contribution is -2.43. The van der Waals surface area contributed by atoms with Crippen LogP contribution in [0.5, 0.6) is 5.75 Å². The van der Waals surface area contributed by atoms with E-state index in [0.717, 1.165) is 43.3 Å². The molecule has 0 bridgehead atoms. The van der Waals surface area contributed by atoms with Gasteiger partial charge in [-0.05, 0) is 82.7 Å². The number of sulfonamides is 1. The monoisotopic (exact) mass is 578 g/mol. The molecule has 1 aromatic heterocycles. The van der Waals surface area contributed by atoms with Gasteiger partial charge in [0.25, 0.3) is 5.91 Å². The molecule has 4 rings (SSSR count). The van der Waals surface area contributed by atoms with Gasteiger partial charge in [0.05, 0.1) is 21.7 Å². The number of hydrogen-bond acceptors (Lipinski definition) is 7. The molecular formula is C27H35ClN4O4S2. The number of thiazole rings is 1. The van der Waals surface area contributed by atoms with Gasteiger partial charge in [-0.25, -0.2) is 13.4 Å². The Morgan fingerprint density at radius 1 is 1.16 bits per heavy atom. The van der Waals surface area contributed by atoms with Gasteiger partial charge in [-0.15, -0.1) is 0 Å². The van der Waals surface area contributed by atoms with Gasteiger partial charge in [-0.1, -0.05) is 36.3 Å². The Morgan fingerprint density at radius 2 is 1.89 bits per heavy atom. The number of amides is 1. The Labute approximate surface area is 234 Å². The Kier molecular flexibility index (Phi) is 9.31. The third-order valence-electron chi connectivity index (χ3n) is 6.88. The number of anilines is 1. The SMILES string of the molecule is CCC1CCCCN1S(=O)(=O)c1ccc(C(=O)N(CCCN(C)C)c2nc3c(OC)ccc(Cl)c3s2)cc1. The van der Waals surface area contributed by atoms with Crippen molar-refractivity contribution in [2.45, 2.75) is 50.0 Å². The molecule has 8 nitrogen and oxygen atoms in total. The average Bonchev–Trinajstić information content (AvgIpc) is 3.37. The summed E-state index contributed by atoms with van der Waals surface area (Å²) in [5.74, 6) is 0.344. The fourth-order valence-electron chi connectivity index (χ4n) is 4.81. The Morgan fingerprint density at radius 3 is 2.55 bits per heavy atom. The lowest BCUT2D eigenvalue weighted by Gasteiger charge is -2.34. The zero-order valence-corrected chi connectivity index (χ0v) is 24.7. The zero-order valence-electron chi connectivity index (χ0n) is 22.3. The molecule has 1 fully saturated rings. The number of piperidine rings is 1. The lowest BCUT2D eigenvalue weighted by atomic mass is 10.0. The maximum Gasteiger partial charge on any atom is 0.260 e. The molecule has 11 heteroatoms. The Hall–Kier alpha value is -2.24. The summed E-state index contributed by atoms with van der Waals surface area (Å²) in [5.41, 5.74) is 1.01. The van der Waals surface area contributed by atoms with Crippen LogP contribution in [-0.4, -0.2) is 75.4 Å². The second kappa shape index (κ2) is 12.3. The van der Waals surface area contributed by atoms with E-state index in [4.69, 9.17) is 21.3 Å². The summed E-state index contributed by atoms with van der Waals surface area (Å²) < 4.78 is 34.6. The summed E-state index contributed by atoms with van der Waals surface area (Å²) in [6, 6.07) is 9.81. The van der Waals surface area contributed by atoms with E-state index in [1.807, 2.05) is 21.0 Å². The smallest absolute Gasteiger partial charge is 0.260 e. The van der Waals surface area contributed by atoms with Crippen LogP contribution < -0.4 is 9.64 Å². The number of aromatic nitrogens is 1. The fraction of sp³-hybridized carbons (Fsp3) is 0.481. The van der Waals surface area contributed by atoms with E-state index in [-0.39, 0.29) is 16.8 Å². The molecule has 0 aliphatic carbocycles. The van der Waals surface area contributed by atoms with E-state index in [9.17, 15) is 13.2 Å². The lowest BCUT2D eigenvalue weighted by molar-refractivity contribution is 0.0986. The molecule has 0 saturated carbocycles. The average molecular weight is 579 g/mol. The van der Waals surface area contributed by atoms with Crippen LogP contribution in [0.15, 0.2) is 41.3 Å². The zero-order chi connectivity index (χ0) is 27.4. The van der Waals surface area contributed by atoms with Gasteiger partial charge in [0.2, 0.25) is 10.0 Å². The highest BCUT2D eigenvalue weighted by molar-refractivity contribution is 7.89.